The second kappa shape index (κ2) is 7.15. The van der Waals surface area contributed by atoms with Crippen LogP contribution in [0.3, 0.4) is 0 Å². The van der Waals surface area contributed by atoms with Crippen LogP contribution in [0.15, 0.2) is 45.6 Å². The van der Waals surface area contributed by atoms with Crippen molar-refractivity contribution < 1.29 is 18.7 Å². The summed E-state index contributed by atoms with van der Waals surface area (Å²) in [5, 5.41) is 0.730. The Labute approximate surface area is 162 Å². The molecule has 0 amide bonds. The van der Waals surface area contributed by atoms with Crippen LogP contribution in [-0.2, 0) is 6.42 Å². The summed E-state index contributed by atoms with van der Waals surface area (Å²) in [5.41, 5.74) is 3.19. The van der Waals surface area contributed by atoms with Gasteiger partial charge < -0.3 is 13.9 Å². The standard InChI is InChI=1S/C23H22O5/c1-4-5-15-11-20(25)27-19-10-13(2)21-17(24)12-18(28-23(21)22(15)19)14-6-8-16(26-3)9-7-14/h6-11,18H,4-5,12H2,1-3H3/t18-/m0/s1. The van der Waals surface area contributed by atoms with Gasteiger partial charge in [0.25, 0.3) is 0 Å². The van der Waals surface area contributed by atoms with Gasteiger partial charge in [-0.2, -0.15) is 0 Å². The van der Waals surface area contributed by atoms with Gasteiger partial charge in [-0.15, -0.1) is 0 Å². The van der Waals surface area contributed by atoms with E-state index in [0.717, 1.165) is 34.2 Å². The van der Waals surface area contributed by atoms with Crippen LogP contribution in [-0.4, -0.2) is 12.9 Å². The van der Waals surface area contributed by atoms with E-state index in [1.54, 1.807) is 13.2 Å². The zero-order chi connectivity index (χ0) is 19.8. The summed E-state index contributed by atoms with van der Waals surface area (Å²) in [6.07, 6.45) is 1.46. The van der Waals surface area contributed by atoms with Gasteiger partial charge in [0.1, 0.15) is 23.2 Å². The maximum atomic E-state index is 13.0. The predicted octanol–water partition coefficient (Wildman–Crippen LogP) is 4.77. The average molecular weight is 378 g/mol. The van der Waals surface area contributed by atoms with Gasteiger partial charge in [0, 0.05) is 6.07 Å². The van der Waals surface area contributed by atoms with Crippen molar-refractivity contribution in [1.82, 2.24) is 0 Å². The fraction of sp³-hybridized carbons (Fsp3) is 0.304. The number of benzene rings is 2. The number of ketones is 1. The first-order valence-electron chi connectivity index (χ1n) is 9.46. The quantitative estimate of drug-likeness (QED) is 0.612. The van der Waals surface area contributed by atoms with E-state index in [1.165, 1.54) is 6.07 Å². The fourth-order valence-corrected chi connectivity index (χ4v) is 3.88. The first-order chi connectivity index (χ1) is 13.5. The number of hydrogen-bond acceptors (Lipinski definition) is 5. The number of ether oxygens (including phenoxy) is 2. The molecule has 0 saturated carbocycles. The second-order valence-corrected chi connectivity index (χ2v) is 7.12. The lowest BCUT2D eigenvalue weighted by molar-refractivity contribution is 0.0852. The first kappa shape index (κ1) is 18.3. The van der Waals surface area contributed by atoms with E-state index in [4.69, 9.17) is 13.9 Å². The summed E-state index contributed by atoms with van der Waals surface area (Å²) in [5.74, 6) is 1.31. The van der Waals surface area contributed by atoms with Gasteiger partial charge in [-0.1, -0.05) is 25.5 Å². The molecule has 1 atom stereocenters. The van der Waals surface area contributed by atoms with Gasteiger partial charge in [0.05, 0.1) is 24.5 Å². The highest BCUT2D eigenvalue weighted by atomic mass is 16.5. The van der Waals surface area contributed by atoms with E-state index < -0.39 is 6.10 Å². The normalized spacial score (nSPS) is 16.0. The molecule has 0 radical (unpaired) electrons. The summed E-state index contributed by atoms with van der Waals surface area (Å²) in [7, 11) is 1.61. The van der Waals surface area contributed by atoms with Crippen molar-refractivity contribution in [3.05, 3.63) is 69.1 Å². The maximum absolute atomic E-state index is 13.0. The van der Waals surface area contributed by atoms with Crippen molar-refractivity contribution >= 4 is 16.8 Å². The SMILES string of the molecule is CCCc1cc(=O)oc2cc(C)c3c(c12)O[C@H](c1ccc(OC)cc1)CC3=O. The molecule has 1 aromatic heterocycles. The summed E-state index contributed by atoms with van der Waals surface area (Å²) >= 11 is 0. The Kier molecular flexibility index (Phi) is 4.67. The predicted molar refractivity (Wildman–Crippen MR) is 107 cm³/mol. The Balaban J connectivity index is 1.89. The Morgan fingerprint density at radius 2 is 1.89 bits per heavy atom. The molecule has 3 aromatic rings. The topological polar surface area (TPSA) is 65.7 Å². The Morgan fingerprint density at radius 1 is 1.14 bits per heavy atom. The van der Waals surface area contributed by atoms with Gasteiger partial charge in [-0.05, 0) is 48.2 Å². The summed E-state index contributed by atoms with van der Waals surface area (Å²) < 4.78 is 17.0. The molecule has 1 aliphatic rings. The average Bonchev–Trinajstić information content (AvgIpc) is 2.67. The number of Topliss-reactive ketones (excluding diaryl/α,β-unsaturated/α-hetero) is 1. The van der Waals surface area contributed by atoms with Gasteiger partial charge in [0.2, 0.25) is 0 Å². The number of hydrogen-bond donors (Lipinski definition) is 0. The van der Waals surface area contributed by atoms with Gasteiger partial charge in [0.15, 0.2) is 5.78 Å². The molecule has 0 unspecified atom stereocenters. The zero-order valence-corrected chi connectivity index (χ0v) is 16.2. The fourth-order valence-electron chi connectivity index (χ4n) is 3.88. The highest BCUT2D eigenvalue weighted by molar-refractivity contribution is 6.07. The second-order valence-electron chi connectivity index (χ2n) is 7.12. The van der Waals surface area contributed by atoms with E-state index in [9.17, 15) is 9.59 Å². The van der Waals surface area contributed by atoms with Crippen LogP contribution in [0.5, 0.6) is 11.5 Å². The molecular formula is C23H22O5. The molecular weight excluding hydrogens is 356 g/mol. The number of methoxy groups -OCH3 is 1. The molecule has 0 aliphatic carbocycles. The number of aryl methyl sites for hydroxylation is 2. The summed E-state index contributed by atoms with van der Waals surface area (Å²) in [6.45, 7) is 3.90. The van der Waals surface area contributed by atoms with E-state index in [0.29, 0.717) is 23.3 Å². The van der Waals surface area contributed by atoms with E-state index in [-0.39, 0.29) is 17.8 Å². The summed E-state index contributed by atoms with van der Waals surface area (Å²) in [6, 6.07) is 10.8. The lowest BCUT2D eigenvalue weighted by atomic mass is 9.90. The molecule has 28 heavy (non-hydrogen) atoms. The zero-order valence-electron chi connectivity index (χ0n) is 16.2. The molecule has 0 saturated heterocycles. The van der Waals surface area contributed by atoms with E-state index >= 15 is 0 Å². The molecule has 0 bridgehead atoms. The van der Waals surface area contributed by atoms with Crippen molar-refractivity contribution in [2.45, 2.75) is 39.2 Å². The highest BCUT2D eigenvalue weighted by Gasteiger charge is 2.32. The first-order valence-corrected chi connectivity index (χ1v) is 9.46. The van der Waals surface area contributed by atoms with E-state index in [1.807, 2.05) is 38.1 Å². The third kappa shape index (κ3) is 3.07. The third-order valence-corrected chi connectivity index (χ3v) is 5.18. The smallest absolute Gasteiger partial charge is 0.336 e. The molecule has 0 N–H and O–H groups in total. The van der Waals surface area contributed by atoms with Crippen LogP contribution in [0.25, 0.3) is 11.0 Å². The molecule has 2 aromatic carbocycles. The molecule has 4 rings (SSSR count). The maximum Gasteiger partial charge on any atom is 0.336 e. The van der Waals surface area contributed by atoms with Crippen molar-refractivity contribution in [3.8, 4) is 11.5 Å². The van der Waals surface area contributed by atoms with E-state index in [2.05, 4.69) is 0 Å². The van der Waals surface area contributed by atoms with Crippen LogP contribution >= 0.6 is 0 Å². The van der Waals surface area contributed by atoms with Crippen LogP contribution in [0.4, 0.5) is 0 Å². The Morgan fingerprint density at radius 3 is 2.57 bits per heavy atom. The van der Waals surface area contributed by atoms with Gasteiger partial charge in [-0.25, -0.2) is 4.79 Å². The molecule has 1 aliphatic heterocycles. The van der Waals surface area contributed by atoms with Crippen LogP contribution in [0.2, 0.25) is 0 Å². The number of rotatable bonds is 4. The van der Waals surface area contributed by atoms with Crippen molar-refractivity contribution in [2.75, 3.05) is 7.11 Å². The molecule has 144 valence electrons. The highest BCUT2D eigenvalue weighted by Crippen LogP contribution is 2.43. The third-order valence-electron chi connectivity index (χ3n) is 5.18. The minimum atomic E-state index is -0.391. The molecule has 5 heteroatoms. The van der Waals surface area contributed by atoms with Crippen LogP contribution in [0.1, 0.15) is 52.9 Å². The molecule has 0 fully saturated rings. The van der Waals surface area contributed by atoms with Crippen molar-refractivity contribution in [1.29, 1.82) is 0 Å². The van der Waals surface area contributed by atoms with Crippen LogP contribution < -0.4 is 15.1 Å². The molecule has 0 spiro atoms. The Hall–Kier alpha value is -3.08. The number of carbonyl (C=O) groups excluding carboxylic acids is 1. The minimum Gasteiger partial charge on any atom is -0.497 e. The Bertz CT molecular complexity index is 1110. The van der Waals surface area contributed by atoms with Crippen molar-refractivity contribution in [2.24, 2.45) is 0 Å². The van der Waals surface area contributed by atoms with Crippen molar-refractivity contribution in [3.63, 3.8) is 0 Å². The van der Waals surface area contributed by atoms with Gasteiger partial charge >= 0.3 is 5.63 Å². The molecule has 5 nitrogen and oxygen atoms in total. The summed E-state index contributed by atoms with van der Waals surface area (Å²) in [4.78, 5) is 25.0. The molecule has 2 heterocycles. The van der Waals surface area contributed by atoms with Crippen LogP contribution in [0, 0.1) is 6.92 Å². The number of fused-ring (bicyclic) bond motifs is 3. The lowest BCUT2D eigenvalue weighted by Crippen LogP contribution is -2.22. The number of carbonyl (C=O) groups is 1. The minimum absolute atomic E-state index is 0.0371. The van der Waals surface area contributed by atoms with Gasteiger partial charge in [-0.3, -0.25) is 4.79 Å². The lowest BCUT2D eigenvalue weighted by Gasteiger charge is -2.28. The monoisotopic (exact) mass is 378 g/mol. The largest absolute Gasteiger partial charge is 0.497 e.